The molecule has 0 radical (unpaired) electrons. The minimum absolute atomic E-state index is 0.0469. The highest BCUT2D eigenvalue weighted by molar-refractivity contribution is 7.92. The molecule has 0 unspecified atom stereocenters. The second-order valence-electron chi connectivity index (χ2n) is 16.9. The molecular weight excluding hydrogens is 738 g/mol. The number of nitrogens with one attached hydrogen (secondary N) is 1. The molecule has 2 aliphatic carbocycles. The zero-order chi connectivity index (χ0) is 38.3. The lowest BCUT2D eigenvalue weighted by molar-refractivity contribution is -0.00456. The van der Waals surface area contributed by atoms with Crippen molar-refractivity contribution in [1.29, 1.82) is 0 Å². The van der Waals surface area contributed by atoms with E-state index in [-0.39, 0.29) is 35.3 Å². The Morgan fingerprint density at radius 3 is 2.62 bits per heavy atom. The molecule has 4 heterocycles. The van der Waals surface area contributed by atoms with Crippen molar-refractivity contribution in [3.63, 3.8) is 0 Å². The molecule has 11 nitrogen and oxygen atoms in total. The Bertz CT molecular complexity index is 1920. The van der Waals surface area contributed by atoms with Crippen molar-refractivity contribution in [2.45, 2.75) is 82.0 Å². The van der Waals surface area contributed by atoms with Gasteiger partial charge in [-0.1, -0.05) is 36.7 Å². The molecule has 4 aliphatic heterocycles. The summed E-state index contributed by atoms with van der Waals surface area (Å²) in [5.41, 5.74) is 3.47. The van der Waals surface area contributed by atoms with E-state index in [1.807, 2.05) is 25.1 Å². The quantitative estimate of drug-likeness (QED) is 0.351. The lowest BCUT2D eigenvalue weighted by Crippen LogP contribution is -2.64. The Balaban J connectivity index is 1.10. The van der Waals surface area contributed by atoms with E-state index in [9.17, 15) is 13.8 Å². The number of anilines is 1. The molecule has 1 saturated carbocycles. The predicted octanol–water partition coefficient (Wildman–Crippen LogP) is 6.48. The molecule has 13 heteroatoms. The second kappa shape index (κ2) is 16.0. The standard InChI is InChI=1S/C42H56ClN5O6S/c1-28-6-4-8-38(53-3)35-12-9-31(35)22-48-26-42(17-5-7-29-20-32(43)11-13-36(29)42)27-54-39-14-10-30(21-37(39)48)40(49)44-55(51,25-28)45-41(50)47-23-33(24-47)46-18-15-34(52-2)16-19-46/h4,8,10-11,13-14,20-21,28,31,33-35,38H,5-7,9,12,15-19,22-27H2,1-3H3,(H,44,45,49,50,51)/b8-4+/t28-,31-,35+,38-,42-,55-/m0/s1. The van der Waals surface area contributed by atoms with Crippen molar-refractivity contribution in [2.24, 2.45) is 22.1 Å². The first kappa shape index (κ1) is 38.7. The van der Waals surface area contributed by atoms with Crippen LogP contribution >= 0.6 is 11.6 Å². The van der Waals surface area contributed by atoms with Crippen LogP contribution in [0.4, 0.5) is 10.5 Å². The van der Waals surface area contributed by atoms with Crippen LogP contribution < -0.4 is 14.4 Å². The first-order valence-corrected chi connectivity index (χ1v) is 22.2. The molecule has 8 rings (SSSR count). The highest BCUT2D eigenvalue weighted by Gasteiger charge is 2.45. The Labute approximate surface area is 331 Å². The van der Waals surface area contributed by atoms with Crippen LogP contribution in [0.2, 0.25) is 5.02 Å². The monoisotopic (exact) mass is 793 g/mol. The zero-order valence-corrected chi connectivity index (χ0v) is 34.0. The van der Waals surface area contributed by atoms with Gasteiger partial charge in [0.05, 0.1) is 30.3 Å². The normalized spacial score (nSPS) is 32.5. The lowest BCUT2D eigenvalue weighted by Gasteiger charge is -2.47. The number of fused-ring (bicyclic) bond motifs is 4. The number of halogens is 1. The molecule has 298 valence electrons. The number of carbonyl (C=O) groups excluding carboxylic acids is 2. The summed E-state index contributed by atoms with van der Waals surface area (Å²) in [6, 6.07) is 11.5. The summed E-state index contributed by atoms with van der Waals surface area (Å²) < 4.78 is 40.1. The number of hydrogen-bond donors (Lipinski definition) is 1. The van der Waals surface area contributed by atoms with E-state index < -0.39 is 21.9 Å². The number of urea groups is 1. The number of piperidine rings is 1. The van der Waals surface area contributed by atoms with Crippen LogP contribution in [0.3, 0.4) is 0 Å². The van der Waals surface area contributed by atoms with Gasteiger partial charge in [0, 0.05) is 75.5 Å². The summed E-state index contributed by atoms with van der Waals surface area (Å²) in [7, 11) is 0.0556. The van der Waals surface area contributed by atoms with E-state index in [0.717, 1.165) is 87.6 Å². The van der Waals surface area contributed by atoms with E-state index in [1.54, 1.807) is 25.2 Å². The van der Waals surface area contributed by atoms with Crippen molar-refractivity contribution in [2.75, 3.05) is 70.7 Å². The SMILES string of the molecule is COC1CCN(C2CN(C(=O)N[S@@]3(=O)=NC(=O)c4ccc5c(c4)N(C[C@@H]4CC[C@H]4[C@@H](OC)/C=C/C[C@H](C)C3)C[C@@]3(CCCc4cc(Cl)ccc43)CO5)C2)CC1. The molecule has 2 bridgehead atoms. The maximum atomic E-state index is 14.7. The molecule has 2 aromatic rings. The fraction of sp³-hybridized carbons (Fsp3) is 0.619. The van der Waals surface area contributed by atoms with Gasteiger partial charge in [-0.3, -0.25) is 14.4 Å². The van der Waals surface area contributed by atoms with Crippen molar-refractivity contribution >= 4 is 39.1 Å². The van der Waals surface area contributed by atoms with Gasteiger partial charge in [-0.15, -0.1) is 4.36 Å². The van der Waals surface area contributed by atoms with Crippen LogP contribution in [0.1, 0.15) is 73.4 Å². The average molecular weight is 794 g/mol. The predicted molar refractivity (Wildman–Crippen MR) is 215 cm³/mol. The Morgan fingerprint density at radius 2 is 1.87 bits per heavy atom. The van der Waals surface area contributed by atoms with Gasteiger partial charge in [-0.2, -0.15) is 0 Å². The third kappa shape index (κ3) is 8.04. The minimum atomic E-state index is -3.48. The van der Waals surface area contributed by atoms with Gasteiger partial charge in [0.1, 0.15) is 15.7 Å². The summed E-state index contributed by atoms with van der Waals surface area (Å²) in [6.07, 6.45) is 12.2. The van der Waals surface area contributed by atoms with Crippen LogP contribution in [0.25, 0.3) is 0 Å². The molecule has 3 fully saturated rings. The zero-order valence-electron chi connectivity index (χ0n) is 32.4. The number of allylic oxidation sites excluding steroid dienone is 1. The van der Waals surface area contributed by atoms with Gasteiger partial charge in [-0.05, 0) is 111 Å². The van der Waals surface area contributed by atoms with Crippen LogP contribution in [0.5, 0.6) is 5.75 Å². The van der Waals surface area contributed by atoms with Gasteiger partial charge in [0.25, 0.3) is 5.91 Å². The smallest absolute Gasteiger partial charge is 0.329 e. The van der Waals surface area contributed by atoms with Gasteiger partial charge in [-0.25, -0.2) is 9.00 Å². The number of rotatable bonds is 4. The third-order valence-corrected chi connectivity index (χ3v) is 15.4. The van der Waals surface area contributed by atoms with E-state index in [0.29, 0.717) is 43.5 Å². The minimum Gasteiger partial charge on any atom is -0.490 e. The Kier molecular flexibility index (Phi) is 11.3. The molecule has 3 amide bonds. The summed E-state index contributed by atoms with van der Waals surface area (Å²) in [6.45, 7) is 6.98. The van der Waals surface area contributed by atoms with Crippen LogP contribution in [0.15, 0.2) is 52.9 Å². The second-order valence-corrected chi connectivity index (χ2v) is 19.3. The van der Waals surface area contributed by atoms with E-state index in [4.69, 9.17) is 25.8 Å². The number of carbonyl (C=O) groups is 2. The van der Waals surface area contributed by atoms with Crippen molar-refractivity contribution in [3.8, 4) is 5.75 Å². The number of benzene rings is 2. The molecule has 0 aromatic heterocycles. The maximum absolute atomic E-state index is 14.7. The van der Waals surface area contributed by atoms with Gasteiger partial charge >= 0.3 is 6.03 Å². The van der Waals surface area contributed by atoms with E-state index >= 15 is 0 Å². The molecule has 55 heavy (non-hydrogen) atoms. The Hall–Kier alpha value is -3.16. The van der Waals surface area contributed by atoms with Crippen molar-refractivity contribution < 1.29 is 28.0 Å². The molecule has 6 aliphatic rings. The number of likely N-dealkylation sites (tertiary alicyclic amines) is 2. The molecule has 6 atom stereocenters. The summed E-state index contributed by atoms with van der Waals surface area (Å²) in [5, 5.41) is 0.746. The number of hydrogen-bond acceptors (Lipinski definition) is 8. The molecule has 1 spiro atoms. The first-order chi connectivity index (χ1) is 26.5. The fourth-order valence-electron chi connectivity index (χ4n) is 9.90. The summed E-state index contributed by atoms with van der Waals surface area (Å²) in [5.74, 6) is 0.786. The van der Waals surface area contributed by atoms with E-state index in [2.05, 4.69) is 43.2 Å². The molecular formula is C42H56ClN5O6S. The average Bonchev–Trinajstić information content (AvgIpc) is 3.28. The van der Waals surface area contributed by atoms with Crippen LogP contribution in [0, 0.1) is 17.8 Å². The molecule has 2 saturated heterocycles. The maximum Gasteiger partial charge on any atom is 0.329 e. The summed E-state index contributed by atoms with van der Waals surface area (Å²) >= 11 is 6.48. The number of aryl methyl sites for hydroxylation is 1. The highest BCUT2D eigenvalue weighted by atomic mass is 35.5. The van der Waals surface area contributed by atoms with Gasteiger partial charge in [0.2, 0.25) is 0 Å². The van der Waals surface area contributed by atoms with Gasteiger partial charge < -0.3 is 24.0 Å². The number of nitrogens with zero attached hydrogens (tertiary/aromatic N) is 4. The van der Waals surface area contributed by atoms with E-state index in [1.165, 1.54) is 11.1 Å². The lowest BCUT2D eigenvalue weighted by atomic mass is 9.68. The highest BCUT2D eigenvalue weighted by Crippen LogP contribution is 2.47. The Morgan fingerprint density at radius 1 is 1.05 bits per heavy atom. The van der Waals surface area contributed by atoms with Crippen LogP contribution in [-0.4, -0.2) is 110 Å². The third-order valence-electron chi connectivity index (χ3n) is 13.2. The first-order valence-electron chi connectivity index (χ1n) is 20.2. The van der Waals surface area contributed by atoms with Gasteiger partial charge in [0.15, 0.2) is 0 Å². The largest absolute Gasteiger partial charge is 0.490 e. The van der Waals surface area contributed by atoms with Crippen molar-refractivity contribution in [1.82, 2.24) is 14.5 Å². The number of ether oxygens (including phenoxy) is 3. The number of methoxy groups -OCH3 is 2. The molecule has 2 aromatic carbocycles. The molecule has 1 N–H and O–H groups in total. The van der Waals surface area contributed by atoms with Crippen molar-refractivity contribution in [3.05, 3.63) is 70.3 Å². The topological polar surface area (TPSA) is 113 Å². The fourth-order valence-corrected chi connectivity index (χ4v) is 12.0. The summed E-state index contributed by atoms with van der Waals surface area (Å²) in [4.78, 5) is 34.2. The van der Waals surface area contributed by atoms with Crippen LogP contribution in [-0.2, 0) is 31.2 Å². The number of amides is 3.